The number of nitrogens with zero attached hydrogens (tertiary/aromatic N) is 2. The molecule has 0 bridgehead atoms. The van der Waals surface area contributed by atoms with Crippen molar-refractivity contribution in [1.82, 2.24) is 4.90 Å². The molecule has 1 aromatic rings. The number of hydrogen-bond donors (Lipinski definition) is 1. The molecule has 1 aromatic carbocycles. The Labute approximate surface area is 122 Å². The molecule has 0 radical (unpaired) electrons. The van der Waals surface area contributed by atoms with E-state index in [0.29, 0.717) is 18.8 Å². The molecule has 0 spiro atoms. The minimum absolute atomic E-state index is 0.0261. The molecule has 2 rings (SSSR count). The average molecular weight is 294 g/mol. The van der Waals surface area contributed by atoms with Crippen molar-refractivity contribution in [3.05, 3.63) is 34.4 Å². The first kappa shape index (κ1) is 15.2. The Balaban J connectivity index is 1.85. The molecule has 1 saturated heterocycles. The van der Waals surface area contributed by atoms with Crippen molar-refractivity contribution in [3.63, 3.8) is 0 Å². The zero-order valence-electron chi connectivity index (χ0n) is 11.8. The van der Waals surface area contributed by atoms with Crippen LogP contribution in [0.5, 0.6) is 5.75 Å². The average Bonchev–Trinajstić information content (AvgIpc) is 2.48. The molecule has 2 atom stereocenters. The third-order valence-corrected chi connectivity index (χ3v) is 3.68. The topological polar surface area (TPSA) is 92.9 Å². The smallest absolute Gasteiger partial charge is 0.269 e. The number of β-amino-alcohol motifs (C(OH)–C–C–N with tert-alkyl or cyclic N) is 1. The van der Waals surface area contributed by atoms with Gasteiger partial charge in [0, 0.05) is 25.2 Å². The lowest BCUT2D eigenvalue weighted by molar-refractivity contribution is -0.384. The van der Waals surface area contributed by atoms with Gasteiger partial charge in [0.15, 0.2) is 6.61 Å². The summed E-state index contributed by atoms with van der Waals surface area (Å²) in [7, 11) is 0. The zero-order valence-corrected chi connectivity index (χ0v) is 11.8. The summed E-state index contributed by atoms with van der Waals surface area (Å²) in [6.07, 6.45) is 0.270. The number of carbonyl (C=O) groups is 1. The summed E-state index contributed by atoms with van der Waals surface area (Å²) in [5.74, 6) is 0.406. The van der Waals surface area contributed by atoms with Gasteiger partial charge < -0.3 is 14.7 Å². The molecular weight excluding hydrogens is 276 g/mol. The maximum atomic E-state index is 12.0. The van der Waals surface area contributed by atoms with Crippen LogP contribution < -0.4 is 4.74 Å². The predicted molar refractivity (Wildman–Crippen MR) is 75.0 cm³/mol. The van der Waals surface area contributed by atoms with Gasteiger partial charge in [0.2, 0.25) is 0 Å². The molecule has 1 aliphatic heterocycles. The van der Waals surface area contributed by atoms with E-state index in [2.05, 4.69) is 0 Å². The number of benzene rings is 1. The highest BCUT2D eigenvalue weighted by atomic mass is 16.6. The van der Waals surface area contributed by atoms with Gasteiger partial charge in [-0.25, -0.2) is 0 Å². The van der Waals surface area contributed by atoms with Crippen LogP contribution in [0.1, 0.15) is 13.3 Å². The van der Waals surface area contributed by atoms with E-state index >= 15 is 0 Å². The van der Waals surface area contributed by atoms with Crippen molar-refractivity contribution in [2.75, 3.05) is 19.7 Å². The molecule has 0 aliphatic carbocycles. The number of piperidine rings is 1. The van der Waals surface area contributed by atoms with Crippen LogP contribution in [-0.4, -0.2) is 46.6 Å². The number of carbonyl (C=O) groups excluding carboxylic acids is 1. The lowest BCUT2D eigenvalue weighted by atomic mass is 9.96. The first-order valence-corrected chi connectivity index (χ1v) is 6.80. The van der Waals surface area contributed by atoms with Gasteiger partial charge in [0.25, 0.3) is 11.6 Å². The highest BCUT2D eigenvalue weighted by Crippen LogP contribution is 2.19. The molecule has 0 saturated carbocycles. The second-order valence-electron chi connectivity index (χ2n) is 5.21. The van der Waals surface area contributed by atoms with E-state index in [1.807, 2.05) is 6.92 Å². The van der Waals surface area contributed by atoms with E-state index in [0.717, 1.165) is 6.42 Å². The monoisotopic (exact) mass is 294 g/mol. The van der Waals surface area contributed by atoms with Gasteiger partial charge in [-0.05, 0) is 24.5 Å². The Hall–Kier alpha value is -2.15. The van der Waals surface area contributed by atoms with Gasteiger partial charge in [0.05, 0.1) is 11.0 Å². The number of nitro groups is 1. The predicted octanol–water partition coefficient (Wildman–Crippen LogP) is 1.20. The van der Waals surface area contributed by atoms with E-state index in [1.54, 1.807) is 4.90 Å². The lowest BCUT2D eigenvalue weighted by Crippen LogP contribution is -2.47. The van der Waals surface area contributed by atoms with E-state index in [4.69, 9.17) is 4.74 Å². The van der Waals surface area contributed by atoms with Crippen molar-refractivity contribution in [1.29, 1.82) is 0 Å². The maximum absolute atomic E-state index is 12.0. The van der Waals surface area contributed by atoms with Gasteiger partial charge in [0.1, 0.15) is 5.75 Å². The number of aliphatic hydroxyl groups excluding tert-OH is 1. The Bertz CT molecular complexity index is 517. The first-order valence-electron chi connectivity index (χ1n) is 6.80. The molecule has 1 fully saturated rings. The number of amides is 1. The molecule has 1 N–H and O–H groups in total. The minimum Gasteiger partial charge on any atom is -0.484 e. The molecule has 1 aliphatic rings. The van der Waals surface area contributed by atoms with Crippen LogP contribution in [0.25, 0.3) is 0 Å². The fourth-order valence-corrected chi connectivity index (χ4v) is 2.18. The fourth-order valence-electron chi connectivity index (χ4n) is 2.18. The molecular formula is C14H18N2O5. The Kier molecular flexibility index (Phi) is 4.74. The Morgan fingerprint density at radius 1 is 1.48 bits per heavy atom. The standard InChI is InChI=1S/C14H18N2O5/c1-10-6-7-15(8-13(10)17)14(18)9-21-12-4-2-11(3-5-12)16(19)20/h2-5,10,13,17H,6-9H2,1H3. The van der Waals surface area contributed by atoms with Gasteiger partial charge in [-0.15, -0.1) is 0 Å². The zero-order chi connectivity index (χ0) is 15.4. The van der Waals surface area contributed by atoms with Crippen LogP contribution >= 0.6 is 0 Å². The highest BCUT2D eigenvalue weighted by Gasteiger charge is 2.27. The summed E-state index contributed by atoms with van der Waals surface area (Å²) < 4.78 is 5.32. The lowest BCUT2D eigenvalue weighted by Gasteiger charge is -2.34. The number of hydrogen-bond acceptors (Lipinski definition) is 5. The summed E-state index contributed by atoms with van der Waals surface area (Å²) in [4.78, 5) is 23.6. The number of non-ortho nitro benzene ring substituents is 1. The quantitative estimate of drug-likeness (QED) is 0.665. The third kappa shape index (κ3) is 3.91. The fraction of sp³-hybridized carbons (Fsp3) is 0.500. The van der Waals surface area contributed by atoms with E-state index in [9.17, 15) is 20.0 Å². The van der Waals surface area contributed by atoms with Crippen molar-refractivity contribution in [2.45, 2.75) is 19.4 Å². The molecule has 2 unspecified atom stereocenters. The molecule has 7 nitrogen and oxygen atoms in total. The number of rotatable bonds is 4. The second-order valence-corrected chi connectivity index (χ2v) is 5.21. The summed E-state index contributed by atoms with van der Waals surface area (Å²) in [6, 6.07) is 5.56. The Morgan fingerprint density at radius 2 is 2.14 bits per heavy atom. The number of aliphatic hydroxyl groups is 1. The van der Waals surface area contributed by atoms with Crippen LogP contribution in [0.4, 0.5) is 5.69 Å². The molecule has 0 aromatic heterocycles. The van der Waals surface area contributed by atoms with Crippen molar-refractivity contribution in [3.8, 4) is 5.75 Å². The molecule has 1 amide bonds. The third-order valence-electron chi connectivity index (χ3n) is 3.68. The molecule has 21 heavy (non-hydrogen) atoms. The van der Waals surface area contributed by atoms with Gasteiger partial charge in [-0.2, -0.15) is 0 Å². The van der Waals surface area contributed by atoms with E-state index in [-0.39, 0.29) is 24.1 Å². The van der Waals surface area contributed by atoms with Crippen LogP contribution in [0.3, 0.4) is 0 Å². The van der Waals surface area contributed by atoms with Crippen molar-refractivity contribution >= 4 is 11.6 Å². The van der Waals surface area contributed by atoms with Crippen LogP contribution in [0.2, 0.25) is 0 Å². The first-order chi connectivity index (χ1) is 9.97. The van der Waals surface area contributed by atoms with E-state index in [1.165, 1.54) is 24.3 Å². The van der Waals surface area contributed by atoms with Crippen LogP contribution in [0, 0.1) is 16.0 Å². The SMILES string of the molecule is CC1CCN(C(=O)COc2ccc([N+](=O)[O-])cc2)CC1O. The molecule has 1 heterocycles. The van der Waals surface area contributed by atoms with Gasteiger partial charge >= 0.3 is 0 Å². The number of ether oxygens (including phenoxy) is 1. The highest BCUT2D eigenvalue weighted by molar-refractivity contribution is 5.77. The van der Waals surface area contributed by atoms with Gasteiger partial charge in [-0.3, -0.25) is 14.9 Å². The summed E-state index contributed by atoms with van der Waals surface area (Å²) in [6.45, 7) is 2.75. The normalized spacial score (nSPS) is 21.9. The van der Waals surface area contributed by atoms with E-state index < -0.39 is 11.0 Å². The van der Waals surface area contributed by atoms with Crippen molar-refractivity contribution in [2.24, 2.45) is 5.92 Å². The largest absolute Gasteiger partial charge is 0.484 e. The molecule has 114 valence electrons. The van der Waals surface area contributed by atoms with Crippen molar-refractivity contribution < 1.29 is 19.6 Å². The number of nitro benzene ring substituents is 1. The summed E-state index contributed by atoms with van der Waals surface area (Å²) in [5, 5.41) is 20.3. The van der Waals surface area contributed by atoms with Crippen LogP contribution in [-0.2, 0) is 4.79 Å². The Morgan fingerprint density at radius 3 is 2.71 bits per heavy atom. The van der Waals surface area contributed by atoms with Crippen LogP contribution in [0.15, 0.2) is 24.3 Å². The molecule has 7 heteroatoms. The summed E-state index contributed by atoms with van der Waals surface area (Å²) in [5.41, 5.74) is -0.0261. The minimum atomic E-state index is -0.498. The van der Waals surface area contributed by atoms with Gasteiger partial charge in [-0.1, -0.05) is 6.92 Å². The maximum Gasteiger partial charge on any atom is 0.269 e. The summed E-state index contributed by atoms with van der Waals surface area (Å²) >= 11 is 0. The second kappa shape index (κ2) is 6.53. The number of likely N-dealkylation sites (tertiary alicyclic amines) is 1.